The van der Waals surface area contributed by atoms with Gasteiger partial charge in [-0.2, -0.15) is 26.3 Å². The molecule has 0 aromatic heterocycles. The molecule has 0 aromatic carbocycles. The Morgan fingerprint density at radius 2 is 1.85 bits per heavy atom. The Morgan fingerprint density at radius 3 is 2.20 bits per heavy atom. The van der Waals surface area contributed by atoms with Gasteiger partial charge in [0, 0.05) is 13.1 Å². The number of nitrogens with zero attached hydrogens (tertiary/aromatic N) is 1. The van der Waals surface area contributed by atoms with Gasteiger partial charge in [0.15, 0.2) is 5.41 Å². The molecule has 1 rings (SSSR count). The monoisotopic (exact) mass is 308 g/mol. The van der Waals surface area contributed by atoms with Crippen molar-refractivity contribution in [3.05, 3.63) is 0 Å². The Kier molecular flexibility index (Phi) is 4.90. The minimum Gasteiger partial charge on any atom is -0.395 e. The summed E-state index contributed by atoms with van der Waals surface area (Å²) in [5, 5.41) is 11.0. The Bertz CT molecular complexity index is 349. The van der Waals surface area contributed by atoms with Crippen molar-refractivity contribution in [3.63, 3.8) is 0 Å². The number of carbonyl (C=O) groups excluding carboxylic acids is 1. The standard InChI is InChI=1S/C10H14F6N2O2/c11-9(12,13)6-18(3-4-19)7(20)8(10(14,15)16)1-2-17-5-8/h17,19H,1-6H2. The van der Waals surface area contributed by atoms with Crippen molar-refractivity contribution >= 4 is 5.91 Å². The summed E-state index contributed by atoms with van der Waals surface area (Å²) in [4.78, 5) is 12.0. The molecule has 0 radical (unpaired) electrons. The fourth-order valence-electron chi connectivity index (χ4n) is 2.13. The van der Waals surface area contributed by atoms with Crippen LogP contribution in [0.2, 0.25) is 0 Å². The molecule has 118 valence electrons. The summed E-state index contributed by atoms with van der Waals surface area (Å²) in [5.74, 6) is -1.65. The van der Waals surface area contributed by atoms with E-state index in [-0.39, 0.29) is 11.4 Å². The third-order valence-electron chi connectivity index (χ3n) is 3.13. The molecular formula is C10H14F6N2O2. The Morgan fingerprint density at radius 1 is 1.25 bits per heavy atom. The number of hydrogen-bond donors (Lipinski definition) is 2. The second-order valence-corrected chi connectivity index (χ2v) is 4.57. The van der Waals surface area contributed by atoms with Crippen LogP contribution in [0.5, 0.6) is 0 Å². The van der Waals surface area contributed by atoms with E-state index in [9.17, 15) is 31.1 Å². The van der Waals surface area contributed by atoms with Crippen molar-refractivity contribution in [1.82, 2.24) is 10.2 Å². The predicted octanol–water partition coefficient (Wildman–Crippen LogP) is 0.912. The highest BCUT2D eigenvalue weighted by Crippen LogP contribution is 2.44. The van der Waals surface area contributed by atoms with Gasteiger partial charge >= 0.3 is 12.4 Å². The van der Waals surface area contributed by atoms with E-state index in [0.717, 1.165) is 0 Å². The molecule has 10 heteroatoms. The second kappa shape index (κ2) is 5.76. The van der Waals surface area contributed by atoms with Crippen molar-refractivity contribution in [3.8, 4) is 0 Å². The number of halogens is 6. The molecule has 1 saturated heterocycles. The van der Waals surface area contributed by atoms with Gasteiger partial charge in [-0.25, -0.2) is 0 Å². The van der Waals surface area contributed by atoms with Gasteiger partial charge in [-0.05, 0) is 13.0 Å². The van der Waals surface area contributed by atoms with Crippen LogP contribution in [-0.2, 0) is 4.79 Å². The third-order valence-corrected chi connectivity index (χ3v) is 3.13. The third kappa shape index (κ3) is 3.54. The number of amides is 1. The van der Waals surface area contributed by atoms with Crippen LogP contribution in [0.3, 0.4) is 0 Å². The zero-order valence-electron chi connectivity index (χ0n) is 10.3. The van der Waals surface area contributed by atoms with Crippen LogP contribution in [0.4, 0.5) is 26.3 Å². The van der Waals surface area contributed by atoms with E-state index < -0.39 is 56.3 Å². The van der Waals surface area contributed by atoms with E-state index in [1.54, 1.807) is 0 Å². The van der Waals surface area contributed by atoms with Crippen LogP contribution in [0, 0.1) is 5.41 Å². The maximum absolute atomic E-state index is 13.1. The van der Waals surface area contributed by atoms with E-state index in [4.69, 9.17) is 5.11 Å². The van der Waals surface area contributed by atoms with Crippen molar-refractivity contribution < 1.29 is 36.2 Å². The fraction of sp³-hybridized carbons (Fsp3) is 0.900. The van der Waals surface area contributed by atoms with Crippen LogP contribution in [0.25, 0.3) is 0 Å². The predicted molar refractivity (Wildman–Crippen MR) is 55.7 cm³/mol. The number of nitrogens with one attached hydrogen (secondary N) is 1. The Hall–Kier alpha value is -1.03. The minimum absolute atomic E-state index is 0.0144. The molecule has 1 atom stereocenters. The van der Waals surface area contributed by atoms with E-state index in [1.165, 1.54) is 0 Å². The quantitative estimate of drug-likeness (QED) is 0.759. The normalized spacial score (nSPS) is 23.9. The molecule has 0 aliphatic carbocycles. The number of alkyl halides is 6. The zero-order valence-corrected chi connectivity index (χ0v) is 10.3. The van der Waals surface area contributed by atoms with Gasteiger partial charge in [0.25, 0.3) is 0 Å². The highest BCUT2D eigenvalue weighted by Gasteiger charge is 2.62. The average molecular weight is 308 g/mol. The summed E-state index contributed by atoms with van der Waals surface area (Å²) in [6, 6.07) is 0. The maximum atomic E-state index is 13.1. The molecule has 4 nitrogen and oxygen atoms in total. The van der Waals surface area contributed by atoms with Crippen molar-refractivity contribution in [2.75, 3.05) is 32.8 Å². The molecule has 0 aromatic rings. The van der Waals surface area contributed by atoms with E-state index in [0.29, 0.717) is 0 Å². The van der Waals surface area contributed by atoms with E-state index >= 15 is 0 Å². The van der Waals surface area contributed by atoms with Crippen LogP contribution in [0.15, 0.2) is 0 Å². The first kappa shape index (κ1) is 17.0. The van der Waals surface area contributed by atoms with E-state index in [1.807, 2.05) is 0 Å². The number of aliphatic hydroxyl groups is 1. The van der Waals surface area contributed by atoms with Crippen LogP contribution in [0.1, 0.15) is 6.42 Å². The number of aliphatic hydroxyl groups excluding tert-OH is 1. The lowest BCUT2D eigenvalue weighted by Crippen LogP contribution is -2.55. The SMILES string of the molecule is O=C(N(CCO)CC(F)(F)F)C1(C(F)(F)F)CCNC1. The highest BCUT2D eigenvalue weighted by molar-refractivity contribution is 5.84. The molecule has 0 saturated carbocycles. The molecular weight excluding hydrogens is 294 g/mol. The summed E-state index contributed by atoms with van der Waals surface area (Å²) in [5.41, 5.74) is -2.85. The van der Waals surface area contributed by atoms with Crippen LogP contribution in [-0.4, -0.2) is 61.1 Å². The average Bonchev–Trinajstić information content (AvgIpc) is 2.75. The summed E-state index contributed by atoms with van der Waals surface area (Å²) in [6.45, 7) is -4.32. The first-order chi connectivity index (χ1) is 9.03. The molecule has 2 N–H and O–H groups in total. The van der Waals surface area contributed by atoms with Gasteiger partial charge < -0.3 is 15.3 Å². The molecule has 0 bridgehead atoms. The molecule has 1 heterocycles. The number of carbonyl (C=O) groups is 1. The Labute approximate surface area is 110 Å². The van der Waals surface area contributed by atoms with Gasteiger partial charge in [-0.1, -0.05) is 0 Å². The number of rotatable bonds is 4. The maximum Gasteiger partial charge on any atom is 0.406 e. The zero-order chi connectivity index (χ0) is 15.6. The van der Waals surface area contributed by atoms with E-state index in [2.05, 4.69) is 5.32 Å². The van der Waals surface area contributed by atoms with Gasteiger partial charge in [0.1, 0.15) is 6.54 Å². The first-order valence-corrected chi connectivity index (χ1v) is 5.78. The summed E-state index contributed by atoms with van der Waals surface area (Å²) >= 11 is 0. The summed E-state index contributed by atoms with van der Waals surface area (Å²) in [7, 11) is 0. The molecule has 1 unspecified atom stereocenters. The van der Waals surface area contributed by atoms with Gasteiger partial charge in [0.05, 0.1) is 6.61 Å². The summed E-state index contributed by atoms with van der Waals surface area (Å²) < 4.78 is 76.2. The molecule has 1 aliphatic rings. The van der Waals surface area contributed by atoms with Crippen LogP contribution < -0.4 is 5.32 Å². The van der Waals surface area contributed by atoms with Crippen LogP contribution >= 0.6 is 0 Å². The van der Waals surface area contributed by atoms with Gasteiger partial charge in [0.2, 0.25) is 5.91 Å². The summed E-state index contributed by atoms with van der Waals surface area (Å²) in [6.07, 6.45) is -10.4. The molecule has 1 amide bonds. The smallest absolute Gasteiger partial charge is 0.395 e. The van der Waals surface area contributed by atoms with Gasteiger partial charge in [-0.3, -0.25) is 4.79 Å². The first-order valence-electron chi connectivity index (χ1n) is 5.78. The Balaban J connectivity index is 3.02. The van der Waals surface area contributed by atoms with Gasteiger partial charge in [-0.15, -0.1) is 0 Å². The van der Waals surface area contributed by atoms with Crippen molar-refractivity contribution in [2.45, 2.75) is 18.8 Å². The lowest BCUT2D eigenvalue weighted by Gasteiger charge is -2.35. The topological polar surface area (TPSA) is 52.6 Å². The van der Waals surface area contributed by atoms with Crippen molar-refractivity contribution in [1.29, 1.82) is 0 Å². The molecule has 0 spiro atoms. The second-order valence-electron chi connectivity index (χ2n) is 4.57. The lowest BCUT2D eigenvalue weighted by atomic mass is 9.84. The lowest BCUT2D eigenvalue weighted by molar-refractivity contribution is -0.226. The highest BCUT2D eigenvalue weighted by atomic mass is 19.4. The largest absolute Gasteiger partial charge is 0.406 e. The number of hydrogen-bond acceptors (Lipinski definition) is 3. The molecule has 1 aliphatic heterocycles. The minimum atomic E-state index is -4.95. The fourth-order valence-corrected chi connectivity index (χ4v) is 2.13. The van der Waals surface area contributed by atoms with Crippen molar-refractivity contribution in [2.24, 2.45) is 5.41 Å². The molecule has 20 heavy (non-hydrogen) atoms. The molecule has 1 fully saturated rings.